The molecule has 0 aromatic rings. The Labute approximate surface area is 100 Å². The van der Waals surface area contributed by atoms with Crippen LogP contribution in [-0.2, 0) is 4.79 Å². The van der Waals surface area contributed by atoms with E-state index in [4.69, 9.17) is 0 Å². The van der Waals surface area contributed by atoms with Gasteiger partial charge in [-0.15, -0.1) is 0 Å². The average Bonchev–Trinajstić information content (AvgIpc) is 2.34. The largest absolute Gasteiger partial charge is 0.298 e. The number of aldehydes is 1. The third kappa shape index (κ3) is 4.96. The number of carbonyl (C=O) groups excluding carboxylic acids is 1. The number of unbranched alkanes of at least 4 members (excludes halogenated alkanes) is 5. The normalized spacial score (nSPS) is 16.6. The molecule has 0 unspecified atom stereocenters. The fraction of sp³-hybridized carbons (Fsp3) is 0.800. The van der Waals surface area contributed by atoms with Crippen LogP contribution in [0.15, 0.2) is 11.1 Å². The molecule has 0 saturated carbocycles. The van der Waals surface area contributed by atoms with Crippen LogP contribution in [0.5, 0.6) is 0 Å². The van der Waals surface area contributed by atoms with Crippen LogP contribution in [0.4, 0.5) is 0 Å². The van der Waals surface area contributed by atoms with Gasteiger partial charge in [-0.05, 0) is 44.1 Å². The zero-order chi connectivity index (χ0) is 11.6. The van der Waals surface area contributed by atoms with Gasteiger partial charge < -0.3 is 0 Å². The molecule has 0 heterocycles. The summed E-state index contributed by atoms with van der Waals surface area (Å²) in [5, 5.41) is 0. The van der Waals surface area contributed by atoms with Crippen LogP contribution >= 0.6 is 0 Å². The van der Waals surface area contributed by atoms with E-state index in [1.54, 1.807) is 0 Å². The van der Waals surface area contributed by atoms with E-state index in [2.05, 4.69) is 6.92 Å². The first-order valence-electron chi connectivity index (χ1n) is 7.04. The van der Waals surface area contributed by atoms with Crippen molar-refractivity contribution in [2.75, 3.05) is 0 Å². The van der Waals surface area contributed by atoms with Crippen LogP contribution in [-0.4, -0.2) is 6.29 Å². The van der Waals surface area contributed by atoms with Crippen molar-refractivity contribution in [1.82, 2.24) is 0 Å². The minimum Gasteiger partial charge on any atom is -0.298 e. The topological polar surface area (TPSA) is 17.1 Å². The summed E-state index contributed by atoms with van der Waals surface area (Å²) in [6, 6.07) is 0. The molecule has 0 amide bonds. The van der Waals surface area contributed by atoms with E-state index in [1.807, 2.05) is 0 Å². The van der Waals surface area contributed by atoms with Crippen LogP contribution in [0.1, 0.15) is 77.6 Å². The van der Waals surface area contributed by atoms with Gasteiger partial charge >= 0.3 is 0 Å². The molecule has 0 aliphatic heterocycles. The van der Waals surface area contributed by atoms with Gasteiger partial charge in [-0.3, -0.25) is 4.79 Å². The molecule has 0 spiro atoms. The van der Waals surface area contributed by atoms with E-state index in [9.17, 15) is 4.79 Å². The van der Waals surface area contributed by atoms with Crippen molar-refractivity contribution in [2.24, 2.45) is 0 Å². The van der Waals surface area contributed by atoms with E-state index in [0.717, 1.165) is 18.3 Å². The summed E-state index contributed by atoms with van der Waals surface area (Å²) >= 11 is 0. The molecule has 0 saturated heterocycles. The summed E-state index contributed by atoms with van der Waals surface area (Å²) < 4.78 is 0. The lowest BCUT2D eigenvalue weighted by atomic mass is 9.89. The summed E-state index contributed by atoms with van der Waals surface area (Å²) in [5.74, 6) is 0. The van der Waals surface area contributed by atoms with Gasteiger partial charge in [-0.2, -0.15) is 0 Å². The van der Waals surface area contributed by atoms with Crippen LogP contribution in [0.2, 0.25) is 0 Å². The summed E-state index contributed by atoms with van der Waals surface area (Å²) in [6.07, 6.45) is 15.1. The van der Waals surface area contributed by atoms with Crippen molar-refractivity contribution in [3.63, 3.8) is 0 Å². The van der Waals surface area contributed by atoms with E-state index in [0.29, 0.717) is 0 Å². The Morgan fingerprint density at radius 1 is 1.00 bits per heavy atom. The highest BCUT2D eigenvalue weighted by molar-refractivity contribution is 5.74. The molecular weight excluding hydrogens is 196 g/mol. The van der Waals surface area contributed by atoms with Crippen molar-refractivity contribution in [1.29, 1.82) is 0 Å². The summed E-state index contributed by atoms with van der Waals surface area (Å²) in [5.41, 5.74) is 2.59. The molecule has 92 valence electrons. The third-order valence-corrected chi connectivity index (χ3v) is 3.60. The van der Waals surface area contributed by atoms with E-state index in [-0.39, 0.29) is 0 Å². The second kappa shape index (κ2) is 8.55. The maximum Gasteiger partial charge on any atom is 0.145 e. The Morgan fingerprint density at radius 2 is 1.69 bits per heavy atom. The molecule has 16 heavy (non-hydrogen) atoms. The van der Waals surface area contributed by atoms with Gasteiger partial charge in [0.2, 0.25) is 0 Å². The molecule has 0 aromatic carbocycles. The first kappa shape index (κ1) is 13.5. The molecule has 1 heteroatoms. The van der Waals surface area contributed by atoms with E-state index < -0.39 is 0 Å². The molecule has 0 radical (unpaired) electrons. The lowest BCUT2D eigenvalue weighted by molar-refractivity contribution is -0.105. The second-order valence-electron chi connectivity index (χ2n) is 4.97. The number of rotatable bonds is 8. The van der Waals surface area contributed by atoms with Gasteiger partial charge in [-0.25, -0.2) is 0 Å². The summed E-state index contributed by atoms with van der Waals surface area (Å²) in [7, 11) is 0. The first-order chi connectivity index (χ1) is 7.88. The lowest BCUT2D eigenvalue weighted by Gasteiger charge is -2.16. The maximum atomic E-state index is 10.9. The van der Waals surface area contributed by atoms with E-state index >= 15 is 0 Å². The number of carbonyl (C=O) groups is 1. The van der Waals surface area contributed by atoms with Gasteiger partial charge in [0.05, 0.1) is 0 Å². The Kier molecular flexibility index (Phi) is 7.20. The molecule has 1 aliphatic rings. The van der Waals surface area contributed by atoms with Crippen LogP contribution in [0.25, 0.3) is 0 Å². The minimum atomic E-state index is 1.04. The maximum absolute atomic E-state index is 10.9. The van der Waals surface area contributed by atoms with Crippen molar-refractivity contribution in [3.8, 4) is 0 Å². The van der Waals surface area contributed by atoms with Crippen molar-refractivity contribution < 1.29 is 4.79 Å². The fourth-order valence-corrected chi connectivity index (χ4v) is 2.54. The predicted octanol–water partition coefficient (Wildman–Crippen LogP) is 4.81. The van der Waals surface area contributed by atoms with Gasteiger partial charge in [-0.1, -0.05) is 44.6 Å². The molecule has 0 N–H and O–H groups in total. The zero-order valence-electron chi connectivity index (χ0n) is 10.8. The first-order valence-corrected chi connectivity index (χ1v) is 7.04. The smallest absolute Gasteiger partial charge is 0.145 e. The number of hydrogen-bond acceptors (Lipinski definition) is 1. The van der Waals surface area contributed by atoms with E-state index in [1.165, 1.54) is 69.8 Å². The Bertz CT molecular complexity index is 228. The highest BCUT2D eigenvalue weighted by Crippen LogP contribution is 2.27. The zero-order valence-corrected chi connectivity index (χ0v) is 10.8. The molecule has 0 aromatic heterocycles. The van der Waals surface area contributed by atoms with Crippen LogP contribution < -0.4 is 0 Å². The fourth-order valence-electron chi connectivity index (χ4n) is 2.54. The van der Waals surface area contributed by atoms with Crippen LogP contribution in [0, 0.1) is 0 Å². The minimum absolute atomic E-state index is 1.04. The molecule has 0 atom stereocenters. The number of allylic oxidation sites excluding steroid dienone is 2. The lowest BCUT2D eigenvalue weighted by Crippen LogP contribution is -2.01. The van der Waals surface area contributed by atoms with Crippen molar-refractivity contribution in [3.05, 3.63) is 11.1 Å². The average molecular weight is 222 g/mol. The monoisotopic (exact) mass is 222 g/mol. The second-order valence-corrected chi connectivity index (χ2v) is 4.97. The summed E-state index contributed by atoms with van der Waals surface area (Å²) in [6.45, 7) is 2.25. The summed E-state index contributed by atoms with van der Waals surface area (Å²) in [4.78, 5) is 10.9. The molecular formula is C15H26O. The quantitative estimate of drug-likeness (QED) is 0.425. The third-order valence-electron chi connectivity index (χ3n) is 3.60. The highest BCUT2D eigenvalue weighted by atomic mass is 16.1. The van der Waals surface area contributed by atoms with Gasteiger partial charge in [0.15, 0.2) is 0 Å². The van der Waals surface area contributed by atoms with Crippen LogP contribution in [0.3, 0.4) is 0 Å². The molecule has 1 nitrogen and oxygen atoms in total. The SMILES string of the molecule is CCCCCCCCC1=C(C=O)CCCC1. The molecule has 1 aliphatic carbocycles. The molecule has 1 rings (SSSR count). The predicted molar refractivity (Wildman–Crippen MR) is 69.6 cm³/mol. The van der Waals surface area contributed by atoms with Crippen molar-refractivity contribution >= 4 is 6.29 Å². The Morgan fingerprint density at radius 3 is 2.44 bits per heavy atom. The Balaban J connectivity index is 2.15. The molecule has 0 bridgehead atoms. The number of hydrogen-bond donors (Lipinski definition) is 0. The standard InChI is InChI=1S/C15H26O/c1-2-3-4-5-6-7-10-14-11-8-9-12-15(14)13-16/h13H,2-12H2,1H3. The Hall–Kier alpha value is -0.590. The van der Waals surface area contributed by atoms with Crippen molar-refractivity contribution in [2.45, 2.75) is 77.6 Å². The molecule has 0 fully saturated rings. The van der Waals surface area contributed by atoms with Gasteiger partial charge in [0.25, 0.3) is 0 Å². The highest BCUT2D eigenvalue weighted by Gasteiger charge is 2.11. The van der Waals surface area contributed by atoms with Gasteiger partial charge in [0.1, 0.15) is 6.29 Å². The van der Waals surface area contributed by atoms with Gasteiger partial charge in [0, 0.05) is 0 Å².